The molecular formula is C21H32N6O. The minimum absolute atomic E-state index is 0.249. The summed E-state index contributed by atoms with van der Waals surface area (Å²) >= 11 is 0. The monoisotopic (exact) mass is 384 g/mol. The Morgan fingerprint density at radius 2 is 2.00 bits per heavy atom. The number of likely N-dealkylation sites (tertiary alicyclic amines) is 1. The molecule has 1 fully saturated rings. The van der Waals surface area contributed by atoms with Crippen molar-refractivity contribution in [2.45, 2.75) is 32.4 Å². The first kappa shape index (κ1) is 20.2. The summed E-state index contributed by atoms with van der Waals surface area (Å²) in [6.07, 6.45) is 4.30. The maximum absolute atomic E-state index is 5.64. The van der Waals surface area contributed by atoms with Gasteiger partial charge in [0.2, 0.25) is 0 Å². The van der Waals surface area contributed by atoms with Gasteiger partial charge in [0.15, 0.2) is 5.96 Å². The second-order valence-electron chi connectivity index (χ2n) is 7.02. The molecule has 3 rings (SSSR count). The van der Waals surface area contributed by atoms with E-state index in [4.69, 9.17) is 9.73 Å². The van der Waals surface area contributed by atoms with E-state index in [-0.39, 0.29) is 6.04 Å². The molecule has 1 saturated heterocycles. The average Bonchev–Trinajstić information content (AvgIpc) is 3.38. The lowest BCUT2D eigenvalue weighted by molar-refractivity contribution is 0.239. The van der Waals surface area contributed by atoms with Gasteiger partial charge in [-0.15, -0.1) is 0 Å². The number of guanidine groups is 1. The number of para-hydroxylation sites is 1. The lowest BCUT2D eigenvalue weighted by Gasteiger charge is -2.30. The van der Waals surface area contributed by atoms with Crippen LogP contribution in [0.1, 0.15) is 37.1 Å². The van der Waals surface area contributed by atoms with Gasteiger partial charge in [0, 0.05) is 31.9 Å². The smallest absolute Gasteiger partial charge is 0.191 e. The molecular weight excluding hydrogens is 352 g/mol. The summed E-state index contributed by atoms with van der Waals surface area (Å²) in [6.45, 7) is 6.51. The average molecular weight is 385 g/mol. The molecule has 2 N–H and O–H groups in total. The predicted octanol–water partition coefficient (Wildman–Crippen LogP) is 2.32. The Morgan fingerprint density at radius 3 is 2.68 bits per heavy atom. The molecule has 1 aliphatic rings. The number of methoxy groups -OCH3 is 1. The lowest BCUT2D eigenvalue weighted by atomic mass is 10.0. The fourth-order valence-electron chi connectivity index (χ4n) is 3.68. The highest BCUT2D eigenvalue weighted by Crippen LogP contribution is 2.31. The van der Waals surface area contributed by atoms with E-state index >= 15 is 0 Å². The Kier molecular flexibility index (Phi) is 7.31. The van der Waals surface area contributed by atoms with Crippen LogP contribution in [0.25, 0.3) is 0 Å². The summed E-state index contributed by atoms with van der Waals surface area (Å²) in [4.78, 5) is 7.27. The third kappa shape index (κ3) is 5.04. The summed E-state index contributed by atoms with van der Waals surface area (Å²) in [5, 5.41) is 11.1. The number of ether oxygens (including phenoxy) is 1. The Hall–Kier alpha value is -2.54. The van der Waals surface area contributed by atoms with Crippen molar-refractivity contribution in [3.8, 4) is 5.75 Å². The fourth-order valence-corrected chi connectivity index (χ4v) is 3.68. The zero-order valence-corrected chi connectivity index (χ0v) is 17.2. The molecule has 152 valence electrons. The number of aliphatic imine (C=N–C) groups is 1. The predicted molar refractivity (Wildman–Crippen MR) is 113 cm³/mol. The molecule has 1 unspecified atom stereocenters. The number of nitrogens with one attached hydrogen (secondary N) is 2. The van der Waals surface area contributed by atoms with E-state index in [0.717, 1.165) is 43.6 Å². The van der Waals surface area contributed by atoms with Gasteiger partial charge in [0.25, 0.3) is 0 Å². The standard InChI is InChI=1S/C21H32N6O/c1-4-22-21(23-15-17-11-12-25-26(17)2)24-16-19(27-13-7-8-14-27)18-9-5-6-10-20(18)28-3/h5-6,9-12,19H,4,7-8,13-16H2,1-3H3,(H2,22,23,24). The largest absolute Gasteiger partial charge is 0.496 e. The molecule has 28 heavy (non-hydrogen) atoms. The molecule has 1 aromatic heterocycles. The van der Waals surface area contributed by atoms with Crippen LogP contribution in [-0.4, -0.2) is 53.9 Å². The first-order valence-corrected chi connectivity index (χ1v) is 10.1. The summed E-state index contributed by atoms with van der Waals surface area (Å²) in [5.74, 6) is 1.76. The number of hydrogen-bond donors (Lipinski definition) is 2. The van der Waals surface area contributed by atoms with Crippen LogP contribution >= 0.6 is 0 Å². The maximum Gasteiger partial charge on any atom is 0.191 e. The molecule has 1 aliphatic heterocycles. The molecule has 0 spiro atoms. The molecule has 7 heteroatoms. The first-order valence-electron chi connectivity index (χ1n) is 10.1. The van der Waals surface area contributed by atoms with Crippen LogP contribution in [0.2, 0.25) is 0 Å². The van der Waals surface area contributed by atoms with Gasteiger partial charge in [-0.25, -0.2) is 4.99 Å². The zero-order valence-electron chi connectivity index (χ0n) is 17.2. The highest BCUT2D eigenvalue weighted by molar-refractivity contribution is 5.79. The lowest BCUT2D eigenvalue weighted by Crippen LogP contribution is -2.42. The molecule has 1 aromatic carbocycles. The molecule has 2 heterocycles. The highest BCUT2D eigenvalue weighted by Gasteiger charge is 2.26. The topological polar surface area (TPSA) is 66.7 Å². The fraction of sp³-hybridized carbons (Fsp3) is 0.524. The Labute approximate surface area is 167 Å². The third-order valence-electron chi connectivity index (χ3n) is 5.21. The van der Waals surface area contributed by atoms with Crippen molar-refractivity contribution in [2.75, 3.05) is 33.3 Å². The van der Waals surface area contributed by atoms with Crippen LogP contribution in [0.15, 0.2) is 41.5 Å². The SMILES string of the molecule is CCNC(=NCc1ccnn1C)NCC(c1ccccc1OC)N1CCCC1. The molecule has 1 atom stereocenters. The van der Waals surface area contributed by atoms with E-state index in [1.165, 1.54) is 18.4 Å². The number of aryl methyl sites for hydroxylation is 1. The van der Waals surface area contributed by atoms with Crippen LogP contribution in [0, 0.1) is 0 Å². The number of aromatic nitrogens is 2. The minimum atomic E-state index is 0.249. The van der Waals surface area contributed by atoms with E-state index in [1.54, 1.807) is 13.3 Å². The first-order chi connectivity index (χ1) is 13.7. The highest BCUT2D eigenvalue weighted by atomic mass is 16.5. The quantitative estimate of drug-likeness (QED) is 0.540. The minimum Gasteiger partial charge on any atom is -0.496 e. The third-order valence-corrected chi connectivity index (χ3v) is 5.21. The van der Waals surface area contributed by atoms with Crippen LogP contribution in [0.4, 0.5) is 0 Å². The zero-order chi connectivity index (χ0) is 19.8. The Bertz CT molecular complexity index is 766. The van der Waals surface area contributed by atoms with E-state index in [9.17, 15) is 0 Å². The summed E-state index contributed by atoms with van der Waals surface area (Å²) in [7, 11) is 3.68. The summed E-state index contributed by atoms with van der Waals surface area (Å²) in [6, 6.07) is 10.6. The molecule has 0 radical (unpaired) electrons. The van der Waals surface area contributed by atoms with E-state index in [1.807, 2.05) is 29.9 Å². The van der Waals surface area contributed by atoms with Crippen LogP contribution in [0.5, 0.6) is 5.75 Å². The Balaban J connectivity index is 1.74. The second-order valence-corrected chi connectivity index (χ2v) is 7.02. The van der Waals surface area contributed by atoms with Crippen LogP contribution < -0.4 is 15.4 Å². The van der Waals surface area contributed by atoms with Gasteiger partial charge < -0.3 is 15.4 Å². The summed E-state index contributed by atoms with van der Waals surface area (Å²) < 4.78 is 7.50. The Morgan fingerprint density at radius 1 is 1.21 bits per heavy atom. The van der Waals surface area contributed by atoms with Crippen LogP contribution in [-0.2, 0) is 13.6 Å². The molecule has 0 aliphatic carbocycles. The van der Waals surface area contributed by atoms with E-state index in [0.29, 0.717) is 6.54 Å². The number of nitrogens with zero attached hydrogens (tertiary/aromatic N) is 4. The van der Waals surface area contributed by atoms with Crippen molar-refractivity contribution >= 4 is 5.96 Å². The molecule has 0 bridgehead atoms. The molecule has 2 aromatic rings. The molecule has 7 nitrogen and oxygen atoms in total. The number of benzene rings is 1. The van der Waals surface area contributed by atoms with Crippen molar-refractivity contribution in [3.63, 3.8) is 0 Å². The van der Waals surface area contributed by atoms with E-state index in [2.05, 4.69) is 39.7 Å². The van der Waals surface area contributed by atoms with Gasteiger partial charge in [-0.2, -0.15) is 5.10 Å². The van der Waals surface area contributed by atoms with Gasteiger partial charge in [-0.05, 0) is 45.0 Å². The van der Waals surface area contributed by atoms with Crippen molar-refractivity contribution < 1.29 is 4.74 Å². The van der Waals surface area contributed by atoms with Gasteiger partial charge in [0.05, 0.1) is 25.4 Å². The molecule has 0 amide bonds. The number of rotatable bonds is 8. The normalized spacial score (nSPS) is 16.2. The second kappa shape index (κ2) is 10.1. The van der Waals surface area contributed by atoms with Crippen LogP contribution in [0.3, 0.4) is 0 Å². The van der Waals surface area contributed by atoms with E-state index < -0.39 is 0 Å². The van der Waals surface area contributed by atoms with Gasteiger partial charge in [-0.1, -0.05) is 18.2 Å². The molecule has 0 saturated carbocycles. The van der Waals surface area contributed by atoms with Crippen molar-refractivity contribution in [1.82, 2.24) is 25.3 Å². The van der Waals surface area contributed by atoms with Crippen molar-refractivity contribution in [1.29, 1.82) is 0 Å². The number of hydrogen-bond acceptors (Lipinski definition) is 4. The van der Waals surface area contributed by atoms with Crippen molar-refractivity contribution in [2.24, 2.45) is 12.0 Å². The summed E-state index contributed by atoms with van der Waals surface area (Å²) in [5.41, 5.74) is 2.31. The van der Waals surface area contributed by atoms with Crippen molar-refractivity contribution in [3.05, 3.63) is 47.8 Å². The maximum atomic E-state index is 5.64. The van der Waals surface area contributed by atoms with Gasteiger partial charge in [-0.3, -0.25) is 9.58 Å². The van der Waals surface area contributed by atoms with Gasteiger partial charge in [0.1, 0.15) is 5.75 Å². The van der Waals surface area contributed by atoms with Gasteiger partial charge >= 0.3 is 0 Å².